The molecule has 3 unspecified atom stereocenters. The van der Waals surface area contributed by atoms with E-state index in [0.717, 1.165) is 34.8 Å². The van der Waals surface area contributed by atoms with Gasteiger partial charge in [0.05, 0.1) is 14.2 Å². The Morgan fingerprint density at radius 3 is 2.00 bits per heavy atom. The number of benzene rings is 2. The molecule has 1 aliphatic heterocycles. The maximum Gasteiger partial charge on any atom is 0.195 e. The second-order valence-corrected chi connectivity index (χ2v) is 7.75. The first kappa shape index (κ1) is 20.5. The van der Waals surface area contributed by atoms with Crippen molar-refractivity contribution >= 4 is 0 Å². The van der Waals surface area contributed by atoms with Crippen LogP contribution in [0.5, 0.6) is 11.5 Å². The summed E-state index contributed by atoms with van der Waals surface area (Å²) in [4.78, 5) is 0. The maximum atomic E-state index is 10.9. The lowest BCUT2D eigenvalue weighted by atomic mass is 9.77. The summed E-state index contributed by atoms with van der Waals surface area (Å²) in [5.74, 6) is 1.16. The zero-order valence-corrected chi connectivity index (χ0v) is 17.8. The van der Waals surface area contributed by atoms with Crippen LogP contribution < -0.4 is 9.47 Å². The Labute approximate surface area is 177 Å². The third-order valence-corrected chi connectivity index (χ3v) is 6.22. The first-order chi connectivity index (χ1) is 14.5. The third-order valence-electron chi connectivity index (χ3n) is 6.22. The molecule has 1 heterocycles. The van der Waals surface area contributed by atoms with Crippen LogP contribution in [0.1, 0.15) is 42.9 Å². The van der Waals surface area contributed by atoms with Crippen molar-refractivity contribution in [3.05, 3.63) is 82.6 Å². The molecule has 0 bridgehead atoms. The van der Waals surface area contributed by atoms with Gasteiger partial charge in [-0.05, 0) is 54.3 Å². The van der Waals surface area contributed by atoms with E-state index in [9.17, 15) is 5.11 Å². The van der Waals surface area contributed by atoms with Gasteiger partial charge in [-0.3, -0.25) is 0 Å². The maximum absolute atomic E-state index is 10.9. The molecule has 30 heavy (non-hydrogen) atoms. The third kappa shape index (κ3) is 3.59. The Morgan fingerprint density at radius 1 is 0.900 bits per heavy atom. The van der Waals surface area contributed by atoms with Gasteiger partial charge in [-0.2, -0.15) is 0 Å². The second-order valence-electron chi connectivity index (χ2n) is 7.75. The molecular weight excluding hydrogens is 380 g/mol. The summed E-state index contributed by atoms with van der Waals surface area (Å²) >= 11 is 0. The fraction of sp³-hybridized carbons (Fsp3) is 0.360. The van der Waals surface area contributed by atoms with E-state index < -0.39 is 5.79 Å². The number of fused-ring (bicyclic) bond motifs is 1. The molecular formula is C25H28O5. The molecule has 5 nitrogen and oxygen atoms in total. The monoisotopic (exact) mass is 408 g/mol. The van der Waals surface area contributed by atoms with Gasteiger partial charge in [-0.15, -0.1) is 0 Å². The summed E-state index contributed by atoms with van der Waals surface area (Å²) < 4.78 is 22.5. The number of rotatable bonds is 5. The second kappa shape index (κ2) is 8.17. The van der Waals surface area contributed by atoms with Crippen molar-refractivity contribution in [1.29, 1.82) is 0 Å². The molecule has 1 fully saturated rings. The van der Waals surface area contributed by atoms with E-state index in [4.69, 9.17) is 18.9 Å². The van der Waals surface area contributed by atoms with Gasteiger partial charge in [0.25, 0.3) is 0 Å². The van der Waals surface area contributed by atoms with Crippen molar-refractivity contribution < 1.29 is 24.1 Å². The predicted molar refractivity (Wildman–Crippen MR) is 115 cm³/mol. The molecule has 0 aromatic heterocycles. The van der Waals surface area contributed by atoms with Crippen LogP contribution in [0.2, 0.25) is 0 Å². The molecule has 1 saturated heterocycles. The molecule has 0 radical (unpaired) electrons. The number of hydrogen-bond acceptors (Lipinski definition) is 5. The van der Waals surface area contributed by atoms with Crippen LogP contribution in [0.3, 0.4) is 0 Å². The van der Waals surface area contributed by atoms with Crippen LogP contribution >= 0.6 is 0 Å². The predicted octanol–water partition coefficient (Wildman–Crippen LogP) is 4.89. The fourth-order valence-corrected chi connectivity index (χ4v) is 4.29. The quantitative estimate of drug-likeness (QED) is 0.714. The molecule has 158 valence electrons. The van der Waals surface area contributed by atoms with Crippen molar-refractivity contribution in [2.24, 2.45) is 0 Å². The van der Waals surface area contributed by atoms with Crippen molar-refractivity contribution in [3.8, 4) is 11.5 Å². The molecule has 1 aliphatic carbocycles. The van der Waals surface area contributed by atoms with E-state index in [1.807, 2.05) is 49.4 Å². The lowest BCUT2D eigenvalue weighted by Gasteiger charge is -2.41. The molecule has 0 saturated carbocycles. The Morgan fingerprint density at radius 2 is 1.47 bits per heavy atom. The van der Waals surface area contributed by atoms with E-state index in [1.54, 1.807) is 14.2 Å². The van der Waals surface area contributed by atoms with Crippen LogP contribution in [0, 0.1) is 0 Å². The zero-order valence-electron chi connectivity index (χ0n) is 17.8. The van der Waals surface area contributed by atoms with Gasteiger partial charge in [0.1, 0.15) is 23.4 Å². The molecule has 4 rings (SSSR count). The highest BCUT2D eigenvalue weighted by Gasteiger charge is 2.42. The van der Waals surface area contributed by atoms with Crippen molar-refractivity contribution in [1.82, 2.24) is 0 Å². The number of ether oxygens (including phenoxy) is 4. The summed E-state index contributed by atoms with van der Waals surface area (Å²) in [7, 11) is 4.85. The highest BCUT2D eigenvalue weighted by molar-refractivity contribution is 5.48. The van der Waals surface area contributed by atoms with Crippen molar-refractivity contribution in [3.63, 3.8) is 0 Å². The Balaban J connectivity index is 1.76. The first-order valence-electron chi connectivity index (χ1n) is 10.1. The lowest BCUT2D eigenvalue weighted by Crippen LogP contribution is -2.37. The van der Waals surface area contributed by atoms with E-state index in [1.165, 1.54) is 12.7 Å². The minimum Gasteiger partial charge on any atom is -0.497 e. The molecule has 1 N–H and O–H groups in total. The molecule has 2 aromatic rings. The number of methoxy groups -OCH3 is 3. The Hall–Kier alpha value is -2.76. The standard InChI is InChI=1S/C25H28O5/c1-16-24-21(13-14-25(16,26)29-4)22(17-5-9-19(27-2)10-6-17)15-23(30-24)18-7-11-20(28-3)12-8-18/h5-13,22-23,26H,14-15H2,1-4H3. The van der Waals surface area contributed by atoms with Crippen LogP contribution in [0.15, 0.2) is 71.5 Å². The van der Waals surface area contributed by atoms with E-state index in [-0.39, 0.29) is 12.0 Å². The molecule has 0 amide bonds. The average Bonchev–Trinajstić information content (AvgIpc) is 2.81. The van der Waals surface area contributed by atoms with Crippen LogP contribution in [-0.2, 0) is 9.47 Å². The molecule has 2 aliphatic rings. The van der Waals surface area contributed by atoms with Crippen molar-refractivity contribution in [2.45, 2.75) is 37.6 Å². The number of hydrogen-bond donors (Lipinski definition) is 1. The molecule has 3 atom stereocenters. The van der Waals surface area contributed by atoms with E-state index in [0.29, 0.717) is 12.0 Å². The van der Waals surface area contributed by atoms with Crippen molar-refractivity contribution in [2.75, 3.05) is 21.3 Å². The Kier molecular flexibility index (Phi) is 5.58. The SMILES string of the molecule is COc1ccc(C2CC(c3ccc(OC)cc3)C3=CCC(O)(OC)C(C)=C3O2)cc1. The van der Waals surface area contributed by atoms with Crippen LogP contribution in [0.25, 0.3) is 0 Å². The van der Waals surface area contributed by atoms with E-state index >= 15 is 0 Å². The molecule has 2 aromatic carbocycles. The summed E-state index contributed by atoms with van der Waals surface area (Å²) in [6.07, 6.45) is 3.10. The number of allylic oxidation sites excluding steroid dienone is 1. The summed E-state index contributed by atoms with van der Waals surface area (Å²) in [6.45, 7) is 1.88. The Bertz CT molecular complexity index is 958. The van der Waals surface area contributed by atoms with Gasteiger partial charge in [0.2, 0.25) is 0 Å². The van der Waals surface area contributed by atoms with Gasteiger partial charge >= 0.3 is 0 Å². The fourth-order valence-electron chi connectivity index (χ4n) is 4.29. The van der Waals surface area contributed by atoms with Gasteiger partial charge < -0.3 is 24.1 Å². The number of aliphatic hydroxyl groups is 1. The van der Waals surface area contributed by atoms with Gasteiger partial charge in [0.15, 0.2) is 5.79 Å². The van der Waals surface area contributed by atoms with Gasteiger partial charge in [-0.25, -0.2) is 0 Å². The average molecular weight is 408 g/mol. The van der Waals surface area contributed by atoms with Gasteiger partial charge in [-0.1, -0.05) is 30.3 Å². The lowest BCUT2D eigenvalue weighted by molar-refractivity contribution is -0.157. The summed E-state index contributed by atoms with van der Waals surface area (Å²) in [6, 6.07) is 16.1. The molecule has 5 heteroatoms. The normalized spacial score (nSPS) is 25.8. The largest absolute Gasteiger partial charge is 0.497 e. The highest BCUT2D eigenvalue weighted by atomic mass is 16.6. The summed E-state index contributed by atoms with van der Waals surface area (Å²) in [5, 5.41) is 10.9. The van der Waals surface area contributed by atoms with Crippen LogP contribution in [0.4, 0.5) is 0 Å². The molecule has 0 spiro atoms. The highest BCUT2D eigenvalue weighted by Crippen LogP contribution is 2.50. The smallest absolute Gasteiger partial charge is 0.195 e. The van der Waals surface area contributed by atoms with Crippen LogP contribution in [-0.4, -0.2) is 32.2 Å². The zero-order chi connectivity index (χ0) is 21.3. The topological polar surface area (TPSA) is 57.2 Å². The minimum atomic E-state index is -1.34. The minimum absolute atomic E-state index is 0.142. The summed E-state index contributed by atoms with van der Waals surface area (Å²) in [5.41, 5.74) is 4.07. The van der Waals surface area contributed by atoms with Gasteiger partial charge in [0, 0.05) is 25.0 Å². The van der Waals surface area contributed by atoms with E-state index in [2.05, 4.69) is 12.1 Å². The first-order valence-corrected chi connectivity index (χ1v) is 10.1.